The zero-order valence-electron chi connectivity index (χ0n) is 17.7. The molecule has 164 valence electrons. The van der Waals surface area contributed by atoms with Crippen LogP contribution in [0.4, 0.5) is 11.4 Å². The molecule has 33 heavy (non-hydrogen) atoms. The lowest BCUT2D eigenvalue weighted by molar-refractivity contribution is 0.0697. The van der Waals surface area contributed by atoms with Crippen LogP contribution in [0.25, 0.3) is 16.8 Å². The number of hydrogen-bond donors (Lipinski definition) is 3. The monoisotopic (exact) mass is 440 g/mol. The Hall–Kier alpha value is -4.46. The number of aromatic nitrogens is 2. The van der Waals surface area contributed by atoms with Crippen molar-refractivity contribution in [3.8, 4) is 22.6 Å². The molecule has 0 fully saturated rings. The standard InChI is InChI=1S/C25H20N4O4/c1-14-22(24(31)29(28-14)19-11-10-15-8-9-16(15)13-19)27-26-21-7-3-6-20(23(21)30)17-4-2-5-18(12-17)25(32)33/h2-7,10-13,28,30H,8-9H2,1H3,(H,32,33). The summed E-state index contributed by atoms with van der Waals surface area (Å²) in [6, 6.07) is 17.1. The van der Waals surface area contributed by atoms with Crippen LogP contribution in [0.3, 0.4) is 0 Å². The zero-order valence-corrected chi connectivity index (χ0v) is 17.7. The maximum Gasteiger partial charge on any atom is 0.335 e. The molecule has 8 nitrogen and oxygen atoms in total. The minimum absolute atomic E-state index is 0.110. The second-order valence-electron chi connectivity index (χ2n) is 7.94. The molecule has 0 aliphatic heterocycles. The SMILES string of the molecule is Cc1[nH]n(-c2ccc3c(c2)CC3)c(=O)c1N=Nc1cccc(-c2cccc(C(=O)O)c2)c1O. The largest absolute Gasteiger partial charge is 0.505 e. The molecule has 0 spiro atoms. The molecule has 0 unspecified atom stereocenters. The van der Waals surface area contributed by atoms with E-state index in [1.807, 2.05) is 18.2 Å². The van der Waals surface area contributed by atoms with Crippen LogP contribution in [0.5, 0.6) is 5.75 Å². The summed E-state index contributed by atoms with van der Waals surface area (Å²) in [6.07, 6.45) is 2.08. The first-order valence-electron chi connectivity index (χ1n) is 10.4. The molecule has 1 aromatic heterocycles. The molecule has 1 heterocycles. The Morgan fingerprint density at radius 2 is 1.79 bits per heavy atom. The van der Waals surface area contributed by atoms with Gasteiger partial charge in [0.25, 0.3) is 5.56 Å². The van der Waals surface area contributed by atoms with Crippen LogP contribution in [-0.4, -0.2) is 26.0 Å². The number of H-pyrrole nitrogens is 1. The van der Waals surface area contributed by atoms with Crippen molar-refractivity contribution < 1.29 is 15.0 Å². The number of carbonyl (C=O) groups is 1. The summed E-state index contributed by atoms with van der Waals surface area (Å²) in [5, 5.41) is 31.2. The molecule has 3 aromatic carbocycles. The van der Waals surface area contributed by atoms with Crippen LogP contribution >= 0.6 is 0 Å². The van der Waals surface area contributed by atoms with Gasteiger partial charge >= 0.3 is 5.97 Å². The quantitative estimate of drug-likeness (QED) is 0.376. The topological polar surface area (TPSA) is 120 Å². The third-order valence-electron chi connectivity index (χ3n) is 5.85. The Bertz CT molecular complexity index is 1500. The number of azo groups is 1. The molecule has 0 atom stereocenters. The smallest absolute Gasteiger partial charge is 0.335 e. The van der Waals surface area contributed by atoms with E-state index < -0.39 is 5.97 Å². The molecule has 5 rings (SSSR count). The van der Waals surface area contributed by atoms with Crippen LogP contribution < -0.4 is 5.56 Å². The number of hydrogen-bond acceptors (Lipinski definition) is 5. The van der Waals surface area contributed by atoms with Gasteiger partial charge in [0.15, 0.2) is 11.4 Å². The Labute approximate surface area is 188 Å². The summed E-state index contributed by atoms with van der Waals surface area (Å²) >= 11 is 0. The number of nitrogens with one attached hydrogen (secondary N) is 1. The number of carboxylic acid groups (broad SMARTS) is 1. The average Bonchev–Trinajstić information content (AvgIpc) is 3.07. The predicted octanol–water partition coefficient (Wildman–Crippen LogP) is 5.06. The molecule has 0 saturated heterocycles. The van der Waals surface area contributed by atoms with Gasteiger partial charge in [-0.15, -0.1) is 10.2 Å². The number of aromatic amines is 1. The van der Waals surface area contributed by atoms with Crippen LogP contribution in [-0.2, 0) is 12.8 Å². The van der Waals surface area contributed by atoms with Gasteiger partial charge in [-0.1, -0.05) is 30.3 Å². The van der Waals surface area contributed by atoms with Crippen molar-refractivity contribution in [2.45, 2.75) is 19.8 Å². The Morgan fingerprint density at radius 3 is 2.52 bits per heavy atom. The van der Waals surface area contributed by atoms with Gasteiger partial charge in [0.1, 0.15) is 5.69 Å². The fraction of sp³-hybridized carbons (Fsp3) is 0.120. The van der Waals surface area contributed by atoms with Crippen molar-refractivity contribution in [1.29, 1.82) is 0 Å². The molecule has 3 N–H and O–H groups in total. The van der Waals surface area contributed by atoms with Crippen LogP contribution in [0.1, 0.15) is 27.2 Å². The summed E-state index contributed by atoms with van der Waals surface area (Å²) in [7, 11) is 0. The van der Waals surface area contributed by atoms with Crippen LogP contribution in [0.15, 0.2) is 75.7 Å². The van der Waals surface area contributed by atoms with Gasteiger partial charge in [-0.25, -0.2) is 9.48 Å². The second kappa shape index (κ2) is 7.90. The number of benzene rings is 3. The molecule has 4 aromatic rings. The normalized spacial score (nSPS) is 12.5. The third-order valence-corrected chi connectivity index (χ3v) is 5.85. The van der Waals surface area contributed by atoms with Gasteiger partial charge in [-0.2, -0.15) is 0 Å². The molecule has 8 heteroatoms. The molecule has 1 aliphatic carbocycles. The van der Waals surface area contributed by atoms with Gasteiger partial charge in [0.05, 0.1) is 16.9 Å². The van der Waals surface area contributed by atoms with Crippen molar-refractivity contribution in [3.63, 3.8) is 0 Å². The van der Waals surface area contributed by atoms with E-state index in [9.17, 15) is 19.8 Å². The lowest BCUT2D eigenvalue weighted by Crippen LogP contribution is -2.16. The maximum absolute atomic E-state index is 13.0. The first-order chi connectivity index (χ1) is 15.9. The van der Waals surface area contributed by atoms with E-state index in [-0.39, 0.29) is 28.2 Å². The van der Waals surface area contributed by atoms with E-state index in [0.29, 0.717) is 16.8 Å². The van der Waals surface area contributed by atoms with Gasteiger partial charge in [-0.05, 0) is 66.8 Å². The summed E-state index contributed by atoms with van der Waals surface area (Å²) in [6.45, 7) is 1.74. The average molecular weight is 440 g/mol. The Kier molecular flexibility index (Phi) is 4.90. The van der Waals surface area contributed by atoms with Gasteiger partial charge < -0.3 is 10.2 Å². The summed E-state index contributed by atoms with van der Waals surface area (Å²) in [5.41, 5.74) is 4.88. The number of phenols is 1. The number of phenolic OH excluding ortho intramolecular Hbond substituents is 1. The first-order valence-corrected chi connectivity index (χ1v) is 10.4. The summed E-state index contributed by atoms with van der Waals surface area (Å²) < 4.78 is 1.44. The highest BCUT2D eigenvalue weighted by Crippen LogP contribution is 2.38. The lowest BCUT2D eigenvalue weighted by Gasteiger charge is -2.19. The number of fused-ring (bicyclic) bond motifs is 1. The minimum Gasteiger partial charge on any atom is -0.505 e. The Morgan fingerprint density at radius 1 is 1.00 bits per heavy atom. The molecular formula is C25H20N4O4. The molecule has 0 radical (unpaired) electrons. The third kappa shape index (κ3) is 3.61. The fourth-order valence-electron chi connectivity index (χ4n) is 3.93. The van der Waals surface area contributed by atoms with Crippen molar-refractivity contribution in [3.05, 3.63) is 93.4 Å². The van der Waals surface area contributed by atoms with Gasteiger partial charge in [0, 0.05) is 5.56 Å². The van der Waals surface area contributed by atoms with E-state index in [1.165, 1.54) is 27.9 Å². The first kappa shape index (κ1) is 20.4. The van der Waals surface area contributed by atoms with Crippen molar-refractivity contribution in [2.75, 3.05) is 0 Å². The molecule has 0 saturated carbocycles. The van der Waals surface area contributed by atoms with E-state index in [2.05, 4.69) is 15.3 Å². The molecule has 0 bridgehead atoms. The van der Waals surface area contributed by atoms with Gasteiger partial charge in [0.2, 0.25) is 0 Å². The van der Waals surface area contributed by atoms with E-state index in [4.69, 9.17) is 0 Å². The van der Waals surface area contributed by atoms with E-state index >= 15 is 0 Å². The van der Waals surface area contributed by atoms with Crippen LogP contribution in [0, 0.1) is 6.92 Å². The van der Waals surface area contributed by atoms with Crippen molar-refractivity contribution in [1.82, 2.24) is 9.78 Å². The lowest BCUT2D eigenvalue weighted by atomic mass is 9.88. The molecular weight excluding hydrogens is 420 g/mol. The summed E-state index contributed by atoms with van der Waals surface area (Å²) in [5.74, 6) is -1.21. The fourth-order valence-corrected chi connectivity index (χ4v) is 3.93. The highest BCUT2D eigenvalue weighted by Gasteiger charge is 2.17. The van der Waals surface area contributed by atoms with Crippen LogP contribution in [0.2, 0.25) is 0 Å². The number of nitrogens with zero attached hydrogens (tertiary/aromatic N) is 3. The Balaban J connectivity index is 1.49. The highest BCUT2D eigenvalue weighted by atomic mass is 16.4. The number of rotatable bonds is 5. The predicted molar refractivity (Wildman–Crippen MR) is 123 cm³/mol. The van der Waals surface area contributed by atoms with Crippen molar-refractivity contribution in [2.24, 2.45) is 10.2 Å². The second-order valence-corrected chi connectivity index (χ2v) is 7.94. The number of carboxylic acids is 1. The van der Waals surface area contributed by atoms with E-state index in [1.54, 1.807) is 37.3 Å². The van der Waals surface area contributed by atoms with E-state index in [0.717, 1.165) is 18.5 Å². The summed E-state index contributed by atoms with van der Waals surface area (Å²) in [4.78, 5) is 24.2. The minimum atomic E-state index is -1.06. The highest BCUT2D eigenvalue weighted by molar-refractivity contribution is 5.90. The number of aromatic hydroxyl groups is 1. The van der Waals surface area contributed by atoms with Gasteiger partial charge in [-0.3, -0.25) is 9.89 Å². The maximum atomic E-state index is 13.0. The van der Waals surface area contributed by atoms with Crippen molar-refractivity contribution >= 4 is 17.3 Å². The molecule has 1 aliphatic rings. The molecule has 0 amide bonds. The zero-order chi connectivity index (χ0) is 23.1. The number of aromatic carboxylic acids is 1. The number of para-hydroxylation sites is 1. The number of aryl methyl sites for hydroxylation is 3.